The Balaban J connectivity index is 4.49. The van der Waals surface area contributed by atoms with E-state index in [0.717, 1.165) is 6.08 Å². The first-order valence-corrected chi connectivity index (χ1v) is 3.74. The van der Waals surface area contributed by atoms with Crippen LogP contribution in [-0.4, -0.2) is 12.0 Å². The number of alkyl halides is 3. The number of allylic oxidation sites excluding steroid dienone is 2. The monoisotopic (exact) mass is 192 g/mol. The van der Waals surface area contributed by atoms with E-state index in [2.05, 4.69) is 13.2 Å². The molecule has 0 heterocycles. The standard InChI is InChI=1S/C9H11F3O/c1-3-5-7(9(10,11)12)8(13)6-4-2/h3-4,7H,1-2,5-6H2. The van der Waals surface area contributed by atoms with E-state index in [-0.39, 0.29) is 12.8 Å². The third kappa shape index (κ3) is 3.92. The summed E-state index contributed by atoms with van der Waals surface area (Å²) in [6.07, 6.45) is -2.83. The Hall–Kier alpha value is -1.06. The minimum Gasteiger partial charge on any atom is -0.299 e. The van der Waals surface area contributed by atoms with Gasteiger partial charge in [-0.25, -0.2) is 0 Å². The summed E-state index contributed by atoms with van der Waals surface area (Å²) >= 11 is 0. The summed E-state index contributed by atoms with van der Waals surface area (Å²) in [6, 6.07) is 0. The summed E-state index contributed by atoms with van der Waals surface area (Å²) in [5, 5.41) is 0. The number of Topliss-reactive ketones (excluding diaryl/α,β-unsaturated/α-hetero) is 1. The fourth-order valence-electron chi connectivity index (χ4n) is 0.899. The highest BCUT2D eigenvalue weighted by Gasteiger charge is 2.42. The van der Waals surface area contributed by atoms with Gasteiger partial charge >= 0.3 is 6.18 Å². The molecule has 0 rings (SSSR count). The fourth-order valence-corrected chi connectivity index (χ4v) is 0.899. The largest absolute Gasteiger partial charge is 0.398 e. The predicted molar refractivity (Wildman–Crippen MR) is 44.2 cm³/mol. The van der Waals surface area contributed by atoms with Crippen molar-refractivity contribution in [3.05, 3.63) is 25.3 Å². The van der Waals surface area contributed by atoms with Gasteiger partial charge in [-0.05, 0) is 6.42 Å². The molecule has 0 aliphatic heterocycles. The van der Waals surface area contributed by atoms with Crippen molar-refractivity contribution in [1.82, 2.24) is 0 Å². The average Bonchev–Trinajstić information content (AvgIpc) is 1.98. The average molecular weight is 192 g/mol. The lowest BCUT2D eigenvalue weighted by molar-refractivity contribution is -0.180. The molecule has 0 aromatic rings. The zero-order valence-corrected chi connectivity index (χ0v) is 7.10. The third-order valence-electron chi connectivity index (χ3n) is 1.53. The Labute approximate surface area is 74.9 Å². The van der Waals surface area contributed by atoms with Crippen molar-refractivity contribution in [2.75, 3.05) is 0 Å². The number of carbonyl (C=O) groups is 1. The first kappa shape index (κ1) is 11.9. The summed E-state index contributed by atoms with van der Waals surface area (Å²) < 4.78 is 36.5. The Morgan fingerprint density at radius 1 is 1.31 bits per heavy atom. The van der Waals surface area contributed by atoms with Gasteiger partial charge in [-0.3, -0.25) is 4.79 Å². The summed E-state index contributed by atoms with van der Waals surface area (Å²) in [6.45, 7) is 6.39. The molecule has 0 spiro atoms. The second kappa shape index (κ2) is 4.84. The molecule has 13 heavy (non-hydrogen) atoms. The topological polar surface area (TPSA) is 17.1 Å². The van der Waals surface area contributed by atoms with Crippen LogP contribution in [0.2, 0.25) is 0 Å². The van der Waals surface area contributed by atoms with Crippen LogP contribution in [0, 0.1) is 5.92 Å². The molecule has 0 fully saturated rings. The SMILES string of the molecule is C=CCC(=O)C(CC=C)C(F)(F)F. The quantitative estimate of drug-likeness (QED) is 0.612. The van der Waals surface area contributed by atoms with Crippen molar-refractivity contribution in [2.45, 2.75) is 19.0 Å². The van der Waals surface area contributed by atoms with Crippen LogP contribution >= 0.6 is 0 Å². The van der Waals surface area contributed by atoms with Crippen molar-refractivity contribution in [3.63, 3.8) is 0 Å². The molecule has 0 aliphatic rings. The first-order valence-electron chi connectivity index (χ1n) is 3.74. The van der Waals surface area contributed by atoms with Gasteiger partial charge in [0.15, 0.2) is 0 Å². The molecule has 0 radical (unpaired) electrons. The molecule has 0 aliphatic carbocycles. The molecule has 0 saturated heterocycles. The Morgan fingerprint density at radius 3 is 2.15 bits per heavy atom. The van der Waals surface area contributed by atoms with E-state index in [1.165, 1.54) is 6.08 Å². The first-order chi connectivity index (χ1) is 5.93. The predicted octanol–water partition coefficient (Wildman–Crippen LogP) is 2.89. The number of rotatable bonds is 5. The molecule has 0 bridgehead atoms. The molecule has 0 aromatic heterocycles. The maximum absolute atomic E-state index is 12.2. The lowest BCUT2D eigenvalue weighted by Gasteiger charge is -2.16. The van der Waals surface area contributed by atoms with E-state index >= 15 is 0 Å². The van der Waals surface area contributed by atoms with Crippen molar-refractivity contribution in [2.24, 2.45) is 5.92 Å². The van der Waals surface area contributed by atoms with Gasteiger partial charge in [0.25, 0.3) is 0 Å². The van der Waals surface area contributed by atoms with Crippen LogP contribution < -0.4 is 0 Å². The van der Waals surface area contributed by atoms with E-state index in [9.17, 15) is 18.0 Å². The molecule has 0 saturated carbocycles. The maximum Gasteiger partial charge on any atom is 0.398 e. The van der Waals surface area contributed by atoms with Crippen LogP contribution in [0.1, 0.15) is 12.8 Å². The molecule has 0 amide bonds. The van der Waals surface area contributed by atoms with E-state index in [0.29, 0.717) is 0 Å². The number of hydrogen-bond acceptors (Lipinski definition) is 1. The van der Waals surface area contributed by atoms with E-state index < -0.39 is 17.9 Å². The second-order valence-electron chi connectivity index (χ2n) is 2.58. The van der Waals surface area contributed by atoms with Crippen LogP contribution in [0.4, 0.5) is 13.2 Å². The van der Waals surface area contributed by atoms with Crippen molar-refractivity contribution in [1.29, 1.82) is 0 Å². The van der Waals surface area contributed by atoms with E-state index in [4.69, 9.17) is 0 Å². The fraction of sp³-hybridized carbons (Fsp3) is 0.444. The molecular weight excluding hydrogens is 181 g/mol. The lowest BCUT2D eigenvalue weighted by Crippen LogP contribution is -2.29. The second-order valence-corrected chi connectivity index (χ2v) is 2.58. The smallest absolute Gasteiger partial charge is 0.299 e. The Kier molecular flexibility index (Phi) is 4.45. The zero-order chi connectivity index (χ0) is 10.5. The van der Waals surface area contributed by atoms with Gasteiger partial charge < -0.3 is 0 Å². The van der Waals surface area contributed by atoms with Gasteiger partial charge in [0, 0.05) is 6.42 Å². The summed E-state index contributed by atoms with van der Waals surface area (Å²) in [5.41, 5.74) is 0. The van der Waals surface area contributed by atoms with Crippen molar-refractivity contribution < 1.29 is 18.0 Å². The van der Waals surface area contributed by atoms with Gasteiger partial charge in [-0.15, -0.1) is 13.2 Å². The number of ketones is 1. The highest BCUT2D eigenvalue weighted by atomic mass is 19.4. The van der Waals surface area contributed by atoms with Gasteiger partial charge in [-0.2, -0.15) is 13.2 Å². The van der Waals surface area contributed by atoms with E-state index in [1.807, 2.05) is 0 Å². The molecule has 4 heteroatoms. The number of carbonyl (C=O) groups excluding carboxylic acids is 1. The highest BCUT2D eigenvalue weighted by molar-refractivity contribution is 5.83. The van der Waals surface area contributed by atoms with Crippen LogP contribution in [0.15, 0.2) is 25.3 Å². The van der Waals surface area contributed by atoms with Crippen LogP contribution in [0.3, 0.4) is 0 Å². The summed E-state index contributed by atoms with van der Waals surface area (Å²) in [7, 11) is 0. The summed E-state index contributed by atoms with van der Waals surface area (Å²) in [5.74, 6) is -2.79. The number of halogens is 3. The van der Waals surface area contributed by atoms with Gasteiger partial charge in [-0.1, -0.05) is 12.2 Å². The molecular formula is C9H11F3O. The van der Waals surface area contributed by atoms with Crippen molar-refractivity contribution >= 4 is 5.78 Å². The third-order valence-corrected chi connectivity index (χ3v) is 1.53. The zero-order valence-electron chi connectivity index (χ0n) is 7.10. The minimum absolute atomic E-state index is 0.252. The highest BCUT2D eigenvalue weighted by Crippen LogP contribution is 2.30. The Bertz CT molecular complexity index is 205. The minimum atomic E-state index is -4.48. The molecule has 1 nitrogen and oxygen atoms in total. The van der Waals surface area contributed by atoms with Gasteiger partial charge in [0.2, 0.25) is 0 Å². The Morgan fingerprint density at radius 2 is 1.85 bits per heavy atom. The lowest BCUT2D eigenvalue weighted by atomic mass is 9.97. The van der Waals surface area contributed by atoms with Crippen LogP contribution in [0.25, 0.3) is 0 Å². The maximum atomic E-state index is 12.2. The normalized spacial score (nSPS) is 13.5. The summed E-state index contributed by atoms with van der Waals surface area (Å²) in [4.78, 5) is 10.9. The molecule has 0 aromatic carbocycles. The van der Waals surface area contributed by atoms with Crippen molar-refractivity contribution in [3.8, 4) is 0 Å². The van der Waals surface area contributed by atoms with Crippen LogP contribution in [0.5, 0.6) is 0 Å². The molecule has 74 valence electrons. The molecule has 1 unspecified atom stereocenters. The molecule has 1 atom stereocenters. The number of hydrogen-bond donors (Lipinski definition) is 0. The van der Waals surface area contributed by atoms with Crippen LogP contribution in [-0.2, 0) is 4.79 Å². The van der Waals surface area contributed by atoms with Gasteiger partial charge in [0.05, 0.1) is 0 Å². The van der Waals surface area contributed by atoms with Gasteiger partial charge in [0.1, 0.15) is 11.7 Å². The molecule has 0 N–H and O–H groups in total. The van der Waals surface area contributed by atoms with E-state index in [1.54, 1.807) is 0 Å².